The molecular formula is C21H28FN3O. The van der Waals surface area contributed by atoms with Gasteiger partial charge in [-0.05, 0) is 62.9 Å². The van der Waals surface area contributed by atoms with Crippen LogP contribution in [0.4, 0.5) is 4.39 Å². The predicted molar refractivity (Wildman–Crippen MR) is 98.8 cm³/mol. The third-order valence-electron chi connectivity index (χ3n) is 5.95. The fourth-order valence-electron chi connectivity index (χ4n) is 4.52. The Labute approximate surface area is 155 Å². The topological polar surface area (TPSA) is 47.3 Å². The van der Waals surface area contributed by atoms with E-state index in [4.69, 9.17) is 5.26 Å². The van der Waals surface area contributed by atoms with Crippen LogP contribution in [0.2, 0.25) is 0 Å². The van der Waals surface area contributed by atoms with Gasteiger partial charge < -0.3 is 4.90 Å². The van der Waals surface area contributed by atoms with E-state index in [1.165, 1.54) is 25.0 Å². The van der Waals surface area contributed by atoms with Crippen molar-refractivity contribution in [2.75, 3.05) is 19.6 Å². The predicted octanol–water partition coefficient (Wildman–Crippen LogP) is 3.70. The summed E-state index contributed by atoms with van der Waals surface area (Å²) in [5.74, 6) is 0.510. The summed E-state index contributed by atoms with van der Waals surface area (Å²) in [4.78, 5) is 16.4. The van der Waals surface area contributed by atoms with Crippen LogP contribution in [0, 0.1) is 23.1 Å². The van der Waals surface area contributed by atoms with Gasteiger partial charge in [0.05, 0.1) is 11.6 Å². The monoisotopic (exact) mass is 357 g/mol. The highest BCUT2D eigenvalue weighted by Gasteiger charge is 2.32. The van der Waals surface area contributed by atoms with Gasteiger partial charge in [0.25, 0.3) is 0 Å². The number of hydrogen-bond donors (Lipinski definition) is 0. The second kappa shape index (κ2) is 8.64. The van der Waals surface area contributed by atoms with Crippen LogP contribution in [0.15, 0.2) is 18.2 Å². The molecule has 0 saturated carbocycles. The number of likely N-dealkylation sites (tertiary alicyclic amines) is 2. The Morgan fingerprint density at radius 1 is 1.19 bits per heavy atom. The SMILES string of the molecule is CC(=O)N1CCCCCC1C1CCN(Cc2cc(C#N)ccc2F)CC1. The molecule has 4 nitrogen and oxygen atoms in total. The third kappa shape index (κ3) is 4.42. The molecule has 2 aliphatic heterocycles. The summed E-state index contributed by atoms with van der Waals surface area (Å²) in [6.07, 6.45) is 6.75. The van der Waals surface area contributed by atoms with E-state index in [0.29, 0.717) is 29.6 Å². The number of rotatable bonds is 3. The lowest BCUT2D eigenvalue weighted by molar-refractivity contribution is -0.132. The van der Waals surface area contributed by atoms with E-state index in [1.807, 2.05) is 0 Å². The van der Waals surface area contributed by atoms with Gasteiger partial charge in [-0.15, -0.1) is 0 Å². The van der Waals surface area contributed by atoms with Gasteiger partial charge in [-0.2, -0.15) is 5.26 Å². The minimum absolute atomic E-state index is 0.203. The molecule has 0 aromatic heterocycles. The van der Waals surface area contributed by atoms with E-state index in [0.717, 1.165) is 45.3 Å². The molecule has 2 heterocycles. The Balaban J connectivity index is 1.60. The molecule has 1 aromatic rings. The zero-order valence-electron chi connectivity index (χ0n) is 15.6. The standard InChI is InChI=1S/C21H28FN3O/c1-16(26)25-10-4-2-3-5-21(25)18-8-11-24(12-9-18)15-19-13-17(14-23)6-7-20(19)22/h6-7,13,18,21H,2-5,8-12,15H2,1H3. The first-order valence-electron chi connectivity index (χ1n) is 9.76. The molecule has 1 amide bonds. The van der Waals surface area contributed by atoms with E-state index in [9.17, 15) is 9.18 Å². The number of nitriles is 1. The second-order valence-corrected chi connectivity index (χ2v) is 7.66. The molecule has 0 spiro atoms. The summed E-state index contributed by atoms with van der Waals surface area (Å²) in [6.45, 7) is 4.98. The molecule has 0 aliphatic carbocycles. The van der Waals surface area contributed by atoms with Gasteiger partial charge in [0.15, 0.2) is 0 Å². The van der Waals surface area contributed by atoms with Crippen molar-refractivity contribution in [3.63, 3.8) is 0 Å². The van der Waals surface area contributed by atoms with Crippen LogP contribution < -0.4 is 0 Å². The minimum Gasteiger partial charge on any atom is -0.340 e. The molecule has 2 aliphatic rings. The van der Waals surface area contributed by atoms with Crippen molar-refractivity contribution in [2.24, 2.45) is 5.92 Å². The lowest BCUT2D eigenvalue weighted by Crippen LogP contribution is -2.47. The summed E-state index contributed by atoms with van der Waals surface area (Å²) < 4.78 is 14.0. The Bertz CT molecular complexity index is 676. The van der Waals surface area contributed by atoms with E-state index in [-0.39, 0.29) is 11.7 Å². The van der Waals surface area contributed by atoms with Crippen molar-refractivity contribution in [1.82, 2.24) is 9.80 Å². The average molecular weight is 357 g/mol. The first kappa shape index (κ1) is 18.8. The second-order valence-electron chi connectivity index (χ2n) is 7.66. The molecular weight excluding hydrogens is 329 g/mol. The first-order chi connectivity index (χ1) is 12.6. The van der Waals surface area contributed by atoms with Crippen LogP contribution in [0.3, 0.4) is 0 Å². The van der Waals surface area contributed by atoms with Crippen LogP contribution in [0.1, 0.15) is 56.6 Å². The molecule has 5 heteroatoms. The van der Waals surface area contributed by atoms with Gasteiger partial charge in [0.1, 0.15) is 5.82 Å². The minimum atomic E-state index is -0.238. The highest BCUT2D eigenvalue weighted by molar-refractivity contribution is 5.73. The zero-order chi connectivity index (χ0) is 18.5. The smallest absolute Gasteiger partial charge is 0.219 e. The molecule has 140 valence electrons. The molecule has 0 N–H and O–H groups in total. The number of hydrogen-bond acceptors (Lipinski definition) is 3. The number of nitrogens with zero attached hydrogens (tertiary/aromatic N) is 3. The quantitative estimate of drug-likeness (QED) is 0.829. The maximum absolute atomic E-state index is 14.0. The fourth-order valence-corrected chi connectivity index (χ4v) is 4.52. The molecule has 0 bridgehead atoms. The van der Waals surface area contributed by atoms with Crippen molar-refractivity contribution in [3.05, 3.63) is 35.1 Å². The van der Waals surface area contributed by atoms with Crippen molar-refractivity contribution < 1.29 is 9.18 Å². The number of carbonyl (C=O) groups is 1. The number of carbonyl (C=O) groups excluding carboxylic acids is 1. The molecule has 1 unspecified atom stereocenters. The van der Waals surface area contributed by atoms with Crippen molar-refractivity contribution >= 4 is 5.91 Å². The van der Waals surface area contributed by atoms with Gasteiger partial charge >= 0.3 is 0 Å². The molecule has 2 saturated heterocycles. The number of amides is 1. The zero-order valence-corrected chi connectivity index (χ0v) is 15.6. The van der Waals surface area contributed by atoms with Crippen LogP contribution in [-0.4, -0.2) is 41.4 Å². The van der Waals surface area contributed by atoms with Crippen molar-refractivity contribution in [1.29, 1.82) is 5.26 Å². The van der Waals surface area contributed by atoms with Gasteiger partial charge in [-0.25, -0.2) is 4.39 Å². The Hall–Kier alpha value is -1.93. The van der Waals surface area contributed by atoms with E-state index in [1.54, 1.807) is 13.0 Å². The summed E-state index contributed by atoms with van der Waals surface area (Å²) in [5.41, 5.74) is 1.11. The van der Waals surface area contributed by atoms with Crippen LogP contribution in [0.25, 0.3) is 0 Å². The van der Waals surface area contributed by atoms with E-state index >= 15 is 0 Å². The van der Waals surface area contributed by atoms with Crippen LogP contribution in [0.5, 0.6) is 0 Å². The summed E-state index contributed by atoms with van der Waals surface area (Å²) in [5, 5.41) is 9.01. The molecule has 3 rings (SSSR count). The van der Waals surface area contributed by atoms with Crippen LogP contribution in [-0.2, 0) is 11.3 Å². The summed E-state index contributed by atoms with van der Waals surface area (Å²) in [6, 6.07) is 7.02. The molecule has 2 fully saturated rings. The highest BCUT2D eigenvalue weighted by atomic mass is 19.1. The lowest BCUT2D eigenvalue weighted by Gasteiger charge is -2.40. The normalized spacial score (nSPS) is 22.7. The Morgan fingerprint density at radius 2 is 1.96 bits per heavy atom. The van der Waals surface area contributed by atoms with Crippen LogP contribution >= 0.6 is 0 Å². The maximum atomic E-state index is 14.0. The molecule has 0 radical (unpaired) electrons. The molecule has 1 aromatic carbocycles. The first-order valence-corrected chi connectivity index (χ1v) is 9.76. The average Bonchev–Trinajstić information content (AvgIpc) is 2.90. The fraction of sp³-hybridized carbons (Fsp3) is 0.619. The largest absolute Gasteiger partial charge is 0.340 e. The Morgan fingerprint density at radius 3 is 2.65 bits per heavy atom. The van der Waals surface area contributed by atoms with E-state index < -0.39 is 0 Å². The van der Waals surface area contributed by atoms with Crippen molar-refractivity contribution in [2.45, 2.75) is 58.0 Å². The molecule has 1 atom stereocenters. The highest BCUT2D eigenvalue weighted by Crippen LogP contribution is 2.30. The van der Waals surface area contributed by atoms with Gasteiger partial charge in [0, 0.05) is 31.6 Å². The Kier molecular flexibility index (Phi) is 6.26. The maximum Gasteiger partial charge on any atom is 0.219 e. The number of benzene rings is 1. The van der Waals surface area contributed by atoms with Gasteiger partial charge in [-0.3, -0.25) is 9.69 Å². The van der Waals surface area contributed by atoms with Gasteiger partial charge in [-0.1, -0.05) is 12.8 Å². The molecule has 26 heavy (non-hydrogen) atoms. The van der Waals surface area contributed by atoms with E-state index in [2.05, 4.69) is 15.9 Å². The number of halogens is 1. The van der Waals surface area contributed by atoms with Gasteiger partial charge in [0.2, 0.25) is 5.91 Å². The number of piperidine rings is 1. The lowest BCUT2D eigenvalue weighted by atomic mass is 9.86. The summed E-state index contributed by atoms with van der Waals surface area (Å²) in [7, 11) is 0. The summed E-state index contributed by atoms with van der Waals surface area (Å²) >= 11 is 0. The third-order valence-corrected chi connectivity index (χ3v) is 5.95. The van der Waals surface area contributed by atoms with Crippen molar-refractivity contribution in [3.8, 4) is 6.07 Å².